The van der Waals surface area contributed by atoms with E-state index in [9.17, 15) is 10.1 Å². The molecule has 0 saturated carbocycles. The molecule has 9 nitrogen and oxygen atoms in total. The van der Waals surface area contributed by atoms with E-state index in [-0.39, 0.29) is 11.6 Å². The minimum atomic E-state index is -0.432. The summed E-state index contributed by atoms with van der Waals surface area (Å²) in [5.74, 6) is 1.20. The quantitative estimate of drug-likeness (QED) is 0.346. The molecule has 4 aromatic rings. The maximum Gasteiger partial charge on any atom is 0.284 e. The van der Waals surface area contributed by atoms with Crippen molar-refractivity contribution < 1.29 is 14.0 Å². The zero-order valence-corrected chi connectivity index (χ0v) is 15.5. The maximum absolute atomic E-state index is 11.5. The summed E-state index contributed by atoms with van der Waals surface area (Å²) in [7, 11) is 0. The Balaban J connectivity index is 1.61. The van der Waals surface area contributed by atoms with Crippen LogP contribution < -0.4 is 0 Å². The van der Waals surface area contributed by atoms with E-state index >= 15 is 0 Å². The number of aromatic nitrogens is 4. The number of hydrogen-bond acceptors (Lipinski definition) is 10. The van der Waals surface area contributed by atoms with Gasteiger partial charge in [0.2, 0.25) is 0 Å². The van der Waals surface area contributed by atoms with Crippen molar-refractivity contribution in [2.45, 2.75) is 22.6 Å². The molecule has 1 aromatic carbocycles. The summed E-state index contributed by atoms with van der Waals surface area (Å²) >= 11 is 2.70. The van der Waals surface area contributed by atoms with E-state index in [2.05, 4.69) is 20.3 Å². The van der Waals surface area contributed by atoms with Gasteiger partial charge in [-0.25, -0.2) is 4.98 Å². The van der Waals surface area contributed by atoms with Crippen LogP contribution in [0.25, 0.3) is 11.5 Å². The first-order valence-corrected chi connectivity index (χ1v) is 9.39. The van der Waals surface area contributed by atoms with Crippen molar-refractivity contribution in [2.24, 2.45) is 0 Å². The fourth-order valence-corrected chi connectivity index (χ4v) is 4.16. The molecule has 0 aliphatic carbocycles. The molecule has 3 heterocycles. The Hall–Kier alpha value is -3.05. The number of nitrogens with zero attached hydrogens (tertiary/aromatic N) is 5. The predicted molar refractivity (Wildman–Crippen MR) is 96.7 cm³/mol. The zero-order chi connectivity index (χ0) is 18.8. The summed E-state index contributed by atoms with van der Waals surface area (Å²) in [6.45, 7) is 1.88. The monoisotopic (exact) mass is 401 g/mol. The smallest absolute Gasteiger partial charge is 0.284 e. The molecule has 3 aromatic heterocycles. The Morgan fingerprint density at radius 2 is 2.15 bits per heavy atom. The lowest BCUT2D eigenvalue weighted by atomic mass is 10.2. The average Bonchev–Trinajstić information content (AvgIpc) is 3.39. The standard InChI is InChI=1S/C16H11N5O4S2/c1-9-8-26-16(18-9)27-13-3-2-10(6-12(13)21(22)23)15-19-14(20-25-15)7-11-4-5-17-24-11/h2-6,8H,7H2,1H3. The van der Waals surface area contributed by atoms with Crippen molar-refractivity contribution in [1.29, 1.82) is 0 Å². The maximum atomic E-state index is 11.5. The van der Waals surface area contributed by atoms with Gasteiger partial charge in [0.15, 0.2) is 10.2 Å². The van der Waals surface area contributed by atoms with Gasteiger partial charge in [0.1, 0.15) is 5.76 Å². The molecule has 136 valence electrons. The third-order valence-corrected chi connectivity index (χ3v) is 5.61. The van der Waals surface area contributed by atoms with Gasteiger partial charge in [-0.2, -0.15) is 4.98 Å². The molecular formula is C16H11N5O4S2. The molecule has 0 atom stereocenters. The van der Waals surface area contributed by atoms with Crippen molar-refractivity contribution in [3.63, 3.8) is 0 Å². The molecule has 0 saturated heterocycles. The molecule has 0 fully saturated rings. The van der Waals surface area contributed by atoms with Crippen molar-refractivity contribution in [3.8, 4) is 11.5 Å². The summed E-state index contributed by atoms with van der Waals surface area (Å²) in [5, 5.41) is 20.9. The number of hydrogen-bond donors (Lipinski definition) is 0. The summed E-state index contributed by atoms with van der Waals surface area (Å²) in [4.78, 5) is 20.2. The first-order chi connectivity index (χ1) is 13.1. The van der Waals surface area contributed by atoms with Gasteiger partial charge >= 0.3 is 0 Å². The molecule has 11 heteroatoms. The highest BCUT2D eigenvalue weighted by atomic mass is 32.2. The molecule has 0 aliphatic heterocycles. The molecule has 27 heavy (non-hydrogen) atoms. The lowest BCUT2D eigenvalue weighted by Gasteiger charge is -2.02. The van der Waals surface area contributed by atoms with Crippen molar-refractivity contribution in [1.82, 2.24) is 20.3 Å². The van der Waals surface area contributed by atoms with E-state index in [0.717, 1.165) is 10.0 Å². The van der Waals surface area contributed by atoms with Gasteiger partial charge < -0.3 is 9.05 Å². The van der Waals surface area contributed by atoms with Crippen LogP contribution in [-0.2, 0) is 6.42 Å². The molecule has 0 spiro atoms. The fraction of sp³-hybridized carbons (Fsp3) is 0.125. The van der Waals surface area contributed by atoms with Crippen molar-refractivity contribution in [2.75, 3.05) is 0 Å². The Morgan fingerprint density at radius 3 is 2.85 bits per heavy atom. The summed E-state index contributed by atoms with van der Waals surface area (Å²) in [6.07, 6.45) is 1.85. The van der Waals surface area contributed by atoms with Crippen LogP contribution in [-0.4, -0.2) is 25.2 Å². The first-order valence-electron chi connectivity index (χ1n) is 7.69. The predicted octanol–water partition coefficient (Wildman–Crippen LogP) is 4.14. The van der Waals surface area contributed by atoms with Crippen LogP contribution in [0.3, 0.4) is 0 Å². The van der Waals surface area contributed by atoms with E-state index in [1.807, 2.05) is 12.3 Å². The molecule has 0 amide bonds. The molecule has 0 N–H and O–H groups in total. The molecule has 4 rings (SSSR count). The number of aryl methyl sites for hydroxylation is 1. The zero-order valence-electron chi connectivity index (χ0n) is 13.9. The number of rotatable bonds is 6. The molecule has 0 aliphatic rings. The van der Waals surface area contributed by atoms with E-state index in [1.54, 1.807) is 18.2 Å². The average molecular weight is 401 g/mol. The van der Waals surface area contributed by atoms with Crippen LogP contribution in [0.2, 0.25) is 0 Å². The minimum Gasteiger partial charge on any atom is -0.361 e. The Morgan fingerprint density at radius 1 is 1.26 bits per heavy atom. The first kappa shape index (κ1) is 17.4. The summed E-state index contributed by atoms with van der Waals surface area (Å²) in [5.41, 5.74) is 1.31. The van der Waals surface area contributed by atoms with Gasteiger partial charge in [-0.3, -0.25) is 10.1 Å². The normalized spacial score (nSPS) is 11.0. The second-order valence-corrected chi connectivity index (χ2v) is 7.61. The van der Waals surface area contributed by atoms with Gasteiger partial charge in [-0.15, -0.1) is 11.3 Å². The van der Waals surface area contributed by atoms with Crippen LogP contribution in [0.1, 0.15) is 17.3 Å². The number of benzene rings is 1. The lowest BCUT2D eigenvalue weighted by Crippen LogP contribution is -1.92. The largest absolute Gasteiger partial charge is 0.361 e. The second kappa shape index (κ2) is 7.29. The highest BCUT2D eigenvalue weighted by Gasteiger charge is 2.20. The number of thiazole rings is 1. The summed E-state index contributed by atoms with van der Waals surface area (Å²) < 4.78 is 11.0. The summed E-state index contributed by atoms with van der Waals surface area (Å²) in [6, 6.07) is 6.50. The molecule has 0 bridgehead atoms. The van der Waals surface area contributed by atoms with Gasteiger partial charge in [0.05, 0.1) is 22.4 Å². The van der Waals surface area contributed by atoms with E-state index in [0.29, 0.717) is 28.5 Å². The van der Waals surface area contributed by atoms with E-state index in [1.165, 1.54) is 35.4 Å². The third-order valence-electron chi connectivity index (χ3n) is 3.49. The van der Waals surface area contributed by atoms with Crippen LogP contribution in [0, 0.1) is 17.0 Å². The molecular weight excluding hydrogens is 390 g/mol. The molecule has 0 unspecified atom stereocenters. The number of nitro benzene ring substituents is 1. The van der Waals surface area contributed by atoms with Gasteiger partial charge in [-0.1, -0.05) is 22.1 Å². The van der Waals surface area contributed by atoms with E-state index in [4.69, 9.17) is 9.05 Å². The van der Waals surface area contributed by atoms with Crippen LogP contribution in [0.4, 0.5) is 5.69 Å². The topological polar surface area (TPSA) is 121 Å². The number of nitro groups is 1. The van der Waals surface area contributed by atoms with Crippen LogP contribution >= 0.6 is 23.1 Å². The second-order valence-electron chi connectivity index (χ2n) is 5.47. The van der Waals surface area contributed by atoms with Crippen LogP contribution in [0.5, 0.6) is 0 Å². The van der Waals surface area contributed by atoms with Gasteiger partial charge in [0.25, 0.3) is 11.6 Å². The highest BCUT2D eigenvalue weighted by molar-refractivity contribution is 8.01. The Bertz CT molecular complexity index is 1090. The van der Waals surface area contributed by atoms with Crippen molar-refractivity contribution in [3.05, 3.63) is 63.2 Å². The Labute approximate surface area is 160 Å². The minimum absolute atomic E-state index is 0.0414. The highest BCUT2D eigenvalue weighted by Crippen LogP contribution is 2.38. The van der Waals surface area contributed by atoms with Gasteiger partial charge in [0, 0.05) is 28.8 Å². The third kappa shape index (κ3) is 3.88. The molecule has 0 radical (unpaired) electrons. The van der Waals surface area contributed by atoms with Crippen LogP contribution in [0.15, 0.2) is 54.1 Å². The fourth-order valence-electron chi connectivity index (χ4n) is 2.28. The Kier molecular flexibility index (Phi) is 4.69. The lowest BCUT2D eigenvalue weighted by molar-refractivity contribution is -0.387. The van der Waals surface area contributed by atoms with E-state index < -0.39 is 4.92 Å². The van der Waals surface area contributed by atoms with Gasteiger partial charge in [-0.05, 0) is 19.1 Å². The SMILES string of the molecule is Cc1csc(Sc2ccc(-c3nc(Cc4ccno4)no3)cc2[N+](=O)[O-])n1. The van der Waals surface area contributed by atoms with Crippen molar-refractivity contribution >= 4 is 28.8 Å².